The molecule has 2 aromatic carbocycles. The van der Waals surface area contributed by atoms with Crippen molar-refractivity contribution in [1.82, 2.24) is 9.97 Å². The standard InChI is InChI=1S/C20H16N4O3/c25-19(22-14-5-6-17-18(11-14)27-12-26-17)15-7-9-21-20(23-15)24-10-8-13-3-1-2-4-16(13)24/h1-7,9,11H,8,10,12H2,(H,22,25). The van der Waals surface area contributed by atoms with Crippen molar-refractivity contribution in [2.75, 3.05) is 23.6 Å². The van der Waals surface area contributed by atoms with Crippen molar-refractivity contribution >= 4 is 23.2 Å². The van der Waals surface area contributed by atoms with Crippen LogP contribution in [0.1, 0.15) is 16.1 Å². The van der Waals surface area contributed by atoms with Crippen molar-refractivity contribution in [3.8, 4) is 11.5 Å². The second-order valence-electron chi connectivity index (χ2n) is 6.29. The maximum atomic E-state index is 12.6. The number of para-hydroxylation sites is 1. The van der Waals surface area contributed by atoms with Crippen LogP contribution in [0.2, 0.25) is 0 Å². The van der Waals surface area contributed by atoms with Crippen LogP contribution in [0.4, 0.5) is 17.3 Å². The Labute approximate surface area is 155 Å². The van der Waals surface area contributed by atoms with Crippen molar-refractivity contribution in [2.24, 2.45) is 0 Å². The van der Waals surface area contributed by atoms with Gasteiger partial charge in [-0.1, -0.05) is 18.2 Å². The fourth-order valence-corrected chi connectivity index (χ4v) is 3.32. The molecule has 7 nitrogen and oxygen atoms in total. The highest BCUT2D eigenvalue weighted by Crippen LogP contribution is 2.34. The van der Waals surface area contributed by atoms with Crippen LogP contribution in [-0.4, -0.2) is 29.2 Å². The van der Waals surface area contributed by atoms with Gasteiger partial charge >= 0.3 is 0 Å². The molecule has 2 aliphatic rings. The number of hydrogen-bond acceptors (Lipinski definition) is 6. The van der Waals surface area contributed by atoms with Crippen molar-refractivity contribution in [3.05, 3.63) is 66.0 Å². The van der Waals surface area contributed by atoms with Gasteiger partial charge in [0.1, 0.15) is 5.69 Å². The number of carbonyl (C=O) groups is 1. The number of benzene rings is 2. The van der Waals surface area contributed by atoms with Gasteiger partial charge in [-0.3, -0.25) is 4.79 Å². The van der Waals surface area contributed by atoms with Gasteiger partial charge in [0.25, 0.3) is 5.91 Å². The average molecular weight is 360 g/mol. The number of anilines is 3. The summed E-state index contributed by atoms with van der Waals surface area (Å²) < 4.78 is 10.6. The Kier molecular flexibility index (Phi) is 3.64. The molecule has 7 heteroatoms. The van der Waals surface area contributed by atoms with Gasteiger partial charge in [-0.25, -0.2) is 9.97 Å². The molecular formula is C20H16N4O3. The molecule has 0 fully saturated rings. The lowest BCUT2D eigenvalue weighted by Gasteiger charge is -2.17. The number of fused-ring (bicyclic) bond motifs is 2. The Morgan fingerprint density at radius 1 is 1.07 bits per heavy atom. The van der Waals surface area contributed by atoms with E-state index in [-0.39, 0.29) is 12.7 Å². The molecule has 3 heterocycles. The summed E-state index contributed by atoms with van der Waals surface area (Å²) in [5.41, 5.74) is 3.28. The van der Waals surface area contributed by atoms with E-state index in [1.165, 1.54) is 5.56 Å². The summed E-state index contributed by atoms with van der Waals surface area (Å²) in [7, 11) is 0. The van der Waals surface area contributed by atoms with E-state index in [4.69, 9.17) is 9.47 Å². The average Bonchev–Trinajstić information content (AvgIpc) is 3.34. The van der Waals surface area contributed by atoms with E-state index in [0.717, 1.165) is 18.7 Å². The van der Waals surface area contributed by atoms with E-state index >= 15 is 0 Å². The minimum atomic E-state index is -0.301. The van der Waals surface area contributed by atoms with E-state index in [1.807, 2.05) is 23.1 Å². The molecule has 3 aromatic rings. The highest BCUT2D eigenvalue weighted by molar-refractivity contribution is 6.03. The van der Waals surface area contributed by atoms with Crippen LogP contribution in [0.5, 0.6) is 11.5 Å². The molecule has 27 heavy (non-hydrogen) atoms. The van der Waals surface area contributed by atoms with Gasteiger partial charge in [0.05, 0.1) is 0 Å². The third-order valence-corrected chi connectivity index (χ3v) is 4.63. The van der Waals surface area contributed by atoms with Crippen molar-refractivity contribution in [3.63, 3.8) is 0 Å². The van der Waals surface area contributed by atoms with E-state index in [1.54, 1.807) is 30.5 Å². The molecule has 0 bridgehead atoms. The monoisotopic (exact) mass is 360 g/mol. The van der Waals surface area contributed by atoms with Crippen molar-refractivity contribution in [2.45, 2.75) is 6.42 Å². The highest BCUT2D eigenvalue weighted by Gasteiger charge is 2.23. The van der Waals surface area contributed by atoms with Gasteiger partial charge in [0.15, 0.2) is 11.5 Å². The van der Waals surface area contributed by atoms with Gasteiger partial charge in [0, 0.05) is 30.2 Å². The third-order valence-electron chi connectivity index (χ3n) is 4.63. The van der Waals surface area contributed by atoms with E-state index < -0.39 is 0 Å². The molecule has 5 rings (SSSR count). The predicted molar refractivity (Wildman–Crippen MR) is 99.7 cm³/mol. The zero-order chi connectivity index (χ0) is 18.2. The maximum Gasteiger partial charge on any atom is 0.274 e. The maximum absolute atomic E-state index is 12.6. The smallest absolute Gasteiger partial charge is 0.274 e. The Hall–Kier alpha value is -3.61. The van der Waals surface area contributed by atoms with E-state index in [2.05, 4.69) is 21.4 Å². The summed E-state index contributed by atoms with van der Waals surface area (Å²) in [6, 6.07) is 15.0. The van der Waals surface area contributed by atoms with Gasteiger partial charge < -0.3 is 19.7 Å². The van der Waals surface area contributed by atoms with Crippen LogP contribution in [-0.2, 0) is 6.42 Å². The molecule has 0 aliphatic carbocycles. The summed E-state index contributed by atoms with van der Waals surface area (Å²) in [4.78, 5) is 23.5. The molecule has 134 valence electrons. The molecule has 1 N–H and O–H groups in total. The molecule has 0 saturated heterocycles. The molecule has 1 aromatic heterocycles. The second kappa shape index (κ2) is 6.28. The fraction of sp³-hybridized carbons (Fsp3) is 0.150. The van der Waals surface area contributed by atoms with E-state index in [9.17, 15) is 4.79 Å². The van der Waals surface area contributed by atoms with Crippen molar-refractivity contribution < 1.29 is 14.3 Å². The first kappa shape index (κ1) is 15.6. The van der Waals surface area contributed by atoms with Crippen LogP contribution < -0.4 is 19.7 Å². The number of rotatable bonds is 3. The number of hydrogen-bond donors (Lipinski definition) is 1. The lowest BCUT2D eigenvalue weighted by Crippen LogP contribution is -2.20. The fourth-order valence-electron chi connectivity index (χ4n) is 3.32. The first-order chi connectivity index (χ1) is 13.3. The zero-order valence-corrected chi connectivity index (χ0v) is 14.4. The molecule has 0 unspecified atom stereocenters. The summed E-state index contributed by atoms with van der Waals surface area (Å²) in [6.45, 7) is 0.992. The van der Waals surface area contributed by atoms with Crippen LogP contribution in [0.25, 0.3) is 0 Å². The lowest BCUT2D eigenvalue weighted by molar-refractivity contribution is 0.102. The van der Waals surface area contributed by atoms with Gasteiger partial charge in [0.2, 0.25) is 12.7 Å². The molecular weight excluding hydrogens is 344 g/mol. The highest BCUT2D eigenvalue weighted by atomic mass is 16.7. The number of amides is 1. The molecule has 0 atom stereocenters. The zero-order valence-electron chi connectivity index (χ0n) is 14.4. The number of nitrogens with one attached hydrogen (secondary N) is 1. The first-order valence-electron chi connectivity index (χ1n) is 8.67. The lowest BCUT2D eigenvalue weighted by atomic mass is 10.2. The molecule has 0 radical (unpaired) electrons. The quantitative estimate of drug-likeness (QED) is 0.773. The topological polar surface area (TPSA) is 76.6 Å². The number of nitrogens with zero attached hydrogens (tertiary/aromatic N) is 3. The molecule has 0 saturated carbocycles. The van der Waals surface area contributed by atoms with Crippen molar-refractivity contribution in [1.29, 1.82) is 0 Å². The van der Waals surface area contributed by atoms with Crippen LogP contribution in [0, 0.1) is 0 Å². The Balaban J connectivity index is 1.38. The molecule has 2 aliphatic heterocycles. The van der Waals surface area contributed by atoms with Gasteiger partial charge in [-0.2, -0.15) is 0 Å². The molecule has 1 amide bonds. The Bertz CT molecular complexity index is 1040. The second-order valence-corrected chi connectivity index (χ2v) is 6.29. The van der Waals surface area contributed by atoms with Crippen LogP contribution >= 0.6 is 0 Å². The largest absolute Gasteiger partial charge is 0.454 e. The Morgan fingerprint density at radius 2 is 1.96 bits per heavy atom. The van der Waals surface area contributed by atoms with E-state index in [0.29, 0.717) is 28.8 Å². The molecule has 0 spiro atoms. The first-order valence-corrected chi connectivity index (χ1v) is 8.67. The minimum Gasteiger partial charge on any atom is -0.454 e. The van der Waals surface area contributed by atoms with Gasteiger partial charge in [-0.15, -0.1) is 0 Å². The SMILES string of the molecule is O=C(Nc1ccc2c(c1)OCO2)c1ccnc(N2CCc3ccccc32)n1. The summed E-state index contributed by atoms with van der Waals surface area (Å²) in [5, 5.41) is 2.84. The minimum absolute atomic E-state index is 0.194. The number of ether oxygens (including phenoxy) is 2. The Morgan fingerprint density at radius 3 is 2.93 bits per heavy atom. The number of carbonyl (C=O) groups excluding carboxylic acids is 1. The summed E-state index contributed by atoms with van der Waals surface area (Å²) >= 11 is 0. The predicted octanol–water partition coefficient (Wildman–Crippen LogP) is 3.15. The van der Waals surface area contributed by atoms with Crippen LogP contribution in [0.15, 0.2) is 54.7 Å². The van der Waals surface area contributed by atoms with Crippen LogP contribution in [0.3, 0.4) is 0 Å². The summed E-state index contributed by atoms with van der Waals surface area (Å²) in [5.74, 6) is 1.51. The summed E-state index contributed by atoms with van der Waals surface area (Å²) in [6.07, 6.45) is 2.55. The third kappa shape index (κ3) is 2.83. The normalized spacial score (nSPS) is 14.1. The van der Waals surface area contributed by atoms with Gasteiger partial charge in [-0.05, 0) is 36.2 Å². The number of aromatic nitrogens is 2.